The molecule has 1 aliphatic rings. The van der Waals surface area contributed by atoms with Crippen molar-refractivity contribution in [3.8, 4) is 11.9 Å². The molecule has 1 aromatic heterocycles. The number of hydrogen-bond acceptors (Lipinski definition) is 5. The van der Waals surface area contributed by atoms with E-state index in [0.717, 1.165) is 0 Å². The number of nitrogens with zero attached hydrogens (tertiary/aromatic N) is 3. The molecule has 142 valence electrons. The van der Waals surface area contributed by atoms with Gasteiger partial charge in [-0.1, -0.05) is 48.5 Å². The van der Waals surface area contributed by atoms with Crippen LogP contribution in [0.1, 0.15) is 31.8 Å². The van der Waals surface area contributed by atoms with E-state index in [0.29, 0.717) is 35.3 Å². The highest BCUT2D eigenvalue weighted by atomic mass is 16.5. The van der Waals surface area contributed by atoms with Crippen molar-refractivity contribution in [3.05, 3.63) is 95.2 Å². The number of carbonyl (C=O) groups excluding carboxylic acids is 2. The van der Waals surface area contributed by atoms with Gasteiger partial charge in [0.05, 0.1) is 18.7 Å². The Labute approximate surface area is 168 Å². The maximum absolute atomic E-state index is 13.0. The molecule has 0 aliphatic carbocycles. The first kappa shape index (κ1) is 18.4. The summed E-state index contributed by atoms with van der Waals surface area (Å²) in [5.74, 6) is -0.131. The van der Waals surface area contributed by atoms with Gasteiger partial charge in [0.2, 0.25) is 5.88 Å². The van der Waals surface area contributed by atoms with Crippen molar-refractivity contribution in [2.75, 3.05) is 13.1 Å². The molecule has 0 saturated carbocycles. The predicted octanol–water partition coefficient (Wildman–Crippen LogP) is 3.09. The molecule has 2 aromatic carbocycles. The lowest BCUT2D eigenvalue weighted by atomic mass is 9.96. The molecule has 4 rings (SSSR count). The van der Waals surface area contributed by atoms with Gasteiger partial charge in [-0.3, -0.25) is 9.59 Å². The van der Waals surface area contributed by atoms with Gasteiger partial charge in [-0.25, -0.2) is 4.98 Å². The van der Waals surface area contributed by atoms with Crippen LogP contribution in [0.25, 0.3) is 0 Å². The third-order valence-electron chi connectivity index (χ3n) is 4.74. The number of pyridine rings is 1. The summed E-state index contributed by atoms with van der Waals surface area (Å²) in [5, 5.41) is 9.12. The van der Waals surface area contributed by atoms with Gasteiger partial charge in [0.25, 0.3) is 5.91 Å². The van der Waals surface area contributed by atoms with Crippen molar-refractivity contribution in [1.82, 2.24) is 9.88 Å². The van der Waals surface area contributed by atoms with Crippen LogP contribution in [0.2, 0.25) is 0 Å². The zero-order valence-corrected chi connectivity index (χ0v) is 15.5. The lowest BCUT2D eigenvalue weighted by Gasteiger charge is -2.39. The predicted molar refractivity (Wildman–Crippen MR) is 106 cm³/mol. The number of benzene rings is 2. The fraction of sp³-hybridized carbons (Fsp3) is 0.130. The van der Waals surface area contributed by atoms with Crippen LogP contribution in [-0.4, -0.2) is 40.8 Å². The zero-order chi connectivity index (χ0) is 20.2. The third-order valence-corrected chi connectivity index (χ3v) is 4.74. The first-order valence-electron chi connectivity index (χ1n) is 9.17. The lowest BCUT2D eigenvalue weighted by Crippen LogP contribution is -2.56. The van der Waals surface area contributed by atoms with Gasteiger partial charge >= 0.3 is 0 Å². The minimum absolute atomic E-state index is 0.185. The van der Waals surface area contributed by atoms with Gasteiger partial charge in [0.1, 0.15) is 17.7 Å². The standard InChI is InChI=1S/C23H17N3O3/c24-13-17-9-6-12-25-22(17)29-18-14-26(15-18)23(28)20-11-5-4-10-19(20)21(27)16-7-2-1-3-8-16/h1-12,18H,14-15H2. The number of rotatable bonds is 5. The third kappa shape index (κ3) is 3.71. The summed E-state index contributed by atoms with van der Waals surface area (Å²) < 4.78 is 5.74. The molecule has 0 bridgehead atoms. The second-order valence-corrected chi connectivity index (χ2v) is 6.66. The van der Waals surface area contributed by atoms with E-state index in [1.807, 2.05) is 12.1 Å². The number of amides is 1. The van der Waals surface area contributed by atoms with Gasteiger partial charge < -0.3 is 9.64 Å². The second-order valence-electron chi connectivity index (χ2n) is 6.66. The van der Waals surface area contributed by atoms with Crippen molar-refractivity contribution in [3.63, 3.8) is 0 Å². The fourth-order valence-electron chi connectivity index (χ4n) is 3.19. The lowest BCUT2D eigenvalue weighted by molar-refractivity contribution is 0.0158. The van der Waals surface area contributed by atoms with E-state index in [1.165, 1.54) is 0 Å². The minimum Gasteiger partial charge on any atom is -0.470 e. The molecule has 6 nitrogen and oxygen atoms in total. The van der Waals surface area contributed by atoms with E-state index in [2.05, 4.69) is 4.98 Å². The van der Waals surface area contributed by atoms with Crippen LogP contribution in [-0.2, 0) is 0 Å². The fourth-order valence-corrected chi connectivity index (χ4v) is 3.19. The van der Waals surface area contributed by atoms with Crippen LogP contribution in [0.3, 0.4) is 0 Å². The van der Waals surface area contributed by atoms with E-state index in [4.69, 9.17) is 10.00 Å². The molecule has 0 unspecified atom stereocenters. The monoisotopic (exact) mass is 383 g/mol. The summed E-state index contributed by atoms with van der Waals surface area (Å²) >= 11 is 0. The Hall–Kier alpha value is -3.98. The van der Waals surface area contributed by atoms with E-state index in [-0.39, 0.29) is 23.7 Å². The summed E-state index contributed by atoms with van der Waals surface area (Å²) in [5.41, 5.74) is 1.65. The van der Waals surface area contributed by atoms with Crippen LogP contribution >= 0.6 is 0 Å². The largest absolute Gasteiger partial charge is 0.470 e. The summed E-state index contributed by atoms with van der Waals surface area (Å²) in [7, 11) is 0. The number of nitriles is 1. The quantitative estimate of drug-likeness (QED) is 0.632. The molecule has 1 aliphatic heterocycles. The van der Waals surface area contributed by atoms with Crippen LogP contribution in [0, 0.1) is 11.3 Å². The average Bonchev–Trinajstić information content (AvgIpc) is 2.76. The highest BCUT2D eigenvalue weighted by Gasteiger charge is 2.35. The van der Waals surface area contributed by atoms with Crippen molar-refractivity contribution in [2.45, 2.75) is 6.10 Å². The van der Waals surface area contributed by atoms with Crippen molar-refractivity contribution in [2.24, 2.45) is 0 Å². The molecule has 0 radical (unpaired) electrons. The molecule has 1 saturated heterocycles. The molecule has 1 amide bonds. The Bertz CT molecular complexity index is 1100. The number of ketones is 1. The van der Waals surface area contributed by atoms with E-state index in [9.17, 15) is 9.59 Å². The molecule has 0 spiro atoms. The molecule has 0 atom stereocenters. The first-order chi connectivity index (χ1) is 14.2. The maximum atomic E-state index is 13.0. The van der Waals surface area contributed by atoms with Crippen LogP contribution in [0.5, 0.6) is 5.88 Å². The molecular weight excluding hydrogens is 366 g/mol. The SMILES string of the molecule is N#Cc1cccnc1OC1CN(C(=O)c2ccccc2C(=O)c2ccccc2)C1. The molecule has 2 heterocycles. The zero-order valence-electron chi connectivity index (χ0n) is 15.5. The Morgan fingerprint density at radius 3 is 2.38 bits per heavy atom. The summed E-state index contributed by atoms with van der Waals surface area (Å²) in [6.07, 6.45) is 1.32. The van der Waals surface area contributed by atoms with Crippen molar-refractivity contribution >= 4 is 11.7 Å². The number of hydrogen-bond donors (Lipinski definition) is 0. The molecular formula is C23H17N3O3. The maximum Gasteiger partial charge on any atom is 0.254 e. The summed E-state index contributed by atoms with van der Waals surface area (Å²) in [6.45, 7) is 0.738. The van der Waals surface area contributed by atoms with Crippen LogP contribution in [0.4, 0.5) is 0 Å². The van der Waals surface area contributed by atoms with Crippen molar-refractivity contribution < 1.29 is 14.3 Å². The van der Waals surface area contributed by atoms with Crippen LogP contribution < -0.4 is 4.74 Å². The normalized spacial score (nSPS) is 13.3. The van der Waals surface area contributed by atoms with Gasteiger partial charge in [-0.2, -0.15) is 5.26 Å². The number of likely N-dealkylation sites (tertiary alicyclic amines) is 1. The topological polar surface area (TPSA) is 83.3 Å². The molecule has 1 fully saturated rings. The van der Waals surface area contributed by atoms with Gasteiger partial charge in [0.15, 0.2) is 5.78 Å². The minimum atomic E-state index is -0.238. The Morgan fingerprint density at radius 2 is 1.66 bits per heavy atom. The number of ether oxygens (including phenoxy) is 1. The highest BCUT2D eigenvalue weighted by molar-refractivity contribution is 6.15. The van der Waals surface area contributed by atoms with E-state index in [1.54, 1.807) is 71.8 Å². The molecule has 6 heteroatoms. The van der Waals surface area contributed by atoms with Gasteiger partial charge in [-0.15, -0.1) is 0 Å². The molecule has 29 heavy (non-hydrogen) atoms. The average molecular weight is 383 g/mol. The van der Waals surface area contributed by atoms with E-state index < -0.39 is 0 Å². The van der Waals surface area contributed by atoms with Gasteiger partial charge in [-0.05, 0) is 18.2 Å². The first-order valence-corrected chi connectivity index (χ1v) is 9.17. The Morgan fingerprint density at radius 1 is 0.966 bits per heavy atom. The van der Waals surface area contributed by atoms with Gasteiger partial charge in [0, 0.05) is 17.3 Å². The Balaban J connectivity index is 1.47. The van der Waals surface area contributed by atoms with Crippen LogP contribution in [0.15, 0.2) is 72.9 Å². The second kappa shape index (κ2) is 7.95. The van der Waals surface area contributed by atoms with Crippen molar-refractivity contribution in [1.29, 1.82) is 5.26 Å². The molecule has 3 aromatic rings. The van der Waals surface area contributed by atoms with E-state index >= 15 is 0 Å². The Kier molecular flexibility index (Phi) is 5.04. The number of aromatic nitrogens is 1. The summed E-state index contributed by atoms with van der Waals surface area (Å²) in [4.78, 5) is 31.5. The summed E-state index contributed by atoms with van der Waals surface area (Å²) in [6, 6.07) is 21.1. The molecule has 0 N–H and O–H groups in total. The number of carbonyl (C=O) groups is 2. The smallest absolute Gasteiger partial charge is 0.254 e. The highest BCUT2D eigenvalue weighted by Crippen LogP contribution is 2.23.